The Morgan fingerprint density at radius 3 is 1.75 bits per heavy atom. The summed E-state index contributed by atoms with van der Waals surface area (Å²) < 4.78 is 17.1. The highest BCUT2D eigenvalue weighted by atomic mass is 16.6. The Hall–Kier alpha value is -1.38. The van der Waals surface area contributed by atoms with E-state index in [4.69, 9.17) is 14.2 Å². The van der Waals surface area contributed by atoms with Crippen LogP contribution in [0.1, 0.15) is 37.2 Å². The smallest absolute Gasteiger partial charge is 0.125 e. The molecule has 32 heavy (non-hydrogen) atoms. The van der Waals surface area contributed by atoms with E-state index in [1.807, 2.05) is 0 Å². The van der Waals surface area contributed by atoms with Crippen LogP contribution in [0.15, 0.2) is 18.2 Å². The van der Waals surface area contributed by atoms with E-state index >= 15 is 0 Å². The van der Waals surface area contributed by atoms with Crippen molar-refractivity contribution in [3.05, 3.63) is 29.3 Å². The van der Waals surface area contributed by atoms with Gasteiger partial charge in [0.15, 0.2) is 0 Å². The Bertz CT molecular complexity index is 755. The van der Waals surface area contributed by atoms with Crippen molar-refractivity contribution in [2.75, 3.05) is 13.2 Å². The van der Waals surface area contributed by atoms with Crippen LogP contribution in [0.4, 0.5) is 0 Å². The van der Waals surface area contributed by atoms with Crippen LogP contribution in [0.2, 0.25) is 0 Å². The Kier molecular flexibility index (Phi) is 8.10. The third kappa shape index (κ3) is 4.77. The van der Waals surface area contributed by atoms with Gasteiger partial charge in [0.1, 0.15) is 66.8 Å². The van der Waals surface area contributed by atoms with E-state index in [9.17, 15) is 40.9 Å². The first-order valence-corrected chi connectivity index (χ1v) is 10.5. The van der Waals surface area contributed by atoms with Crippen LogP contribution < -0.4 is 4.74 Å². The minimum absolute atomic E-state index is 0.255. The predicted molar refractivity (Wildman–Crippen MR) is 108 cm³/mol. The van der Waals surface area contributed by atoms with E-state index in [0.717, 1.165) is 0 Å². The van der Waals surface area contributed by atoms with Gasteiger partial charge in [-0.25, -0.2) is 0 Å². The van der Waals surface area contributed by atoms with Crippen LogP contribution >= 0.6 is 0 Å². The molecule has 3 rings (SSSR count). The van der Waals surface area contributed by atoms with Crippen molar-refractivity contribution in [1.29, 1.82) is 0 Å². The number of hydrogen-bond acceptors (Lipinski definition) is 11. The molecule has 10 unspecified atom stereocenters. The highest BCUT2D eigenvalue weighted by molar-refractivity contribution is 5.41. The number of benzene rings is 1. The Morgan fingerprint density at radius 2 is 1.25 bits per heavy atom. The molecular formula is C21H32O11. The lowest BCUT2D eigenvalue weighted by atomic mass is 9.87. The molecule has 0 spiro atoms. The summed E-state index contributed by atoms with van der Waals surface area (Å²) in [5, 5.41) is 80.5. The summed E-state index contributed by atoms with van der Waals surface area (Å²) >= 11 is 0. The Balaban J connectivity index is 2.02. The number of rotatable bonds is 6. The summed E-state index contributed by atoms with van der Waals surface area (Å²) in [4.78, 5) is 0. The van der Waals surface area contributed by atoms with Gasteiger partial charge in [0.25, 0.3) is 0 Å². The van der Waals surface area contributed by atoms with Crippen molar-refractivity contribution in [3.8, 4) is 5.75 Å². The summed E-state index contributed by atoms with van der Waals surface area (Å²) in [5.74, 6) is 0.290. The van der Waals surface area contributed by atoms with Crippen molar-refractivity contribution in [1.82, 2.24) is 0 Å². The van der Waals surface area contributed by atoms with Crippen LogP contribution in [0.5, 0.6) is 5.75 Å². The lowest BCUT2D eigenvalue weighted by Gasteiger charge is -2.42. The van der Waals surface area contributed by atoms with Gasteiger partial charge in [0.05, 0.1) is 19.3 Å². The molecular weight excluding hydrogens is 428 g/mol. The molecule has 11 heteroatoms. The van der Waals surface area contributed by atoms with Crippen molar-refractivity contribution < 1.29 is 55.1 Å². The standard InChI is InChI=1S/C21H32O11/c1-8(2)30-11-4-3-9(20-18(28)16(26)14(24)12(6-22)31-20)5-10(11)21-19(29)17(27)15(25)13(7-23)32-21/h3-5,8,12-29H,6-7H2,1-2H3. The van der Waals surface area contributed by atoms with E-state index < -0.39 is 74.3 Å². The highest BCUT2D eigenvalue weighted by Gasteiger charge is 2.47. The molecule has 0 saturated carbocycles. The van der Waals surface area contributed by atoms with Crippen molar-refractivity contribution in [3.63, 3.8) is 0 Å². The van der Waals surface area contributed by atoms with E-state index in [-0.39, 0.29) is 17.4 Å². The van der Waals surface area contributed by atoms with Gasteiger partial charge in [-0.05, 0) is 31.5 Å². The Morgan fingerprint density at radius 1 is 0.750 bits per heavy atom. The summed E-state index contributed by atoms with van der Waals surface area (Å²) in [6.07, 6.45) is -14.2. The average molecular weight is 460 g/mol. The fourth-order valence-corrected chi connectivity index (χ4v) is 4.06. The molecule has 1 aromatic carbocycles. The van der Waals surface area contributed by atoms with Crippen LogP contribution in [-0.2, 0) is 9.47 Å². The molecule has 0 aliphatic carbocycles. The molecule has 0 bridgehead atoms. The molecule has 182 valence electrons. The summed E-state index contributed by atoms with van der Waals surface area (Å²) in [7, 11) is 0. The van der Waals surface area contributed by atoms with Gasteiger partial charge >= 0.3 is 0 Å². The quantitative estimate of drug-likeness (QED) is 0.224. The molecule has 2 fully saturated rings. The topological polar surface area (TPSA) is 190 Å². The fourth-order valence-electron chi connectivity index (χ4n) is 4.06. The van der Waals surface area contributed by atoms with Gasteiger partial charge in [-0.2, -0.15) is 0 Å². The minimum atomic E-state index is -1.60. The molecule has 2 aliphatic heterocycles. The first-order valence-electron chi connectivity index (χ1n) is 10.5. The average Bonchev–Trinajstić information content (AvgIpc) is 2.77. The zero-order valence-corrected chi connectivity index (χ0v) is 17.8. The molecule has 0 aromatic heterocycles. The van der Waals surface area contributed by atoms with Crippen LogP contribution in [0, 0.1) is 0 Å². The van der Waals surface area contributed by atoms with E-state index in [2.05, 4.69) is 0 Å². The lowest BCUT2D eigenvalue weighted by molar-refractivity contribution is -0.233. The maximum atomic E-state index is 10.6. The SMILES string of the molecule is CC(C)Oc1ccc(C2OC(CO)C(O)C(O)C2O)cc1C1OC(CO)C(O)C(O)C1O. The molecule has 2 aliphatic rings. The minimum Gasteiger partial charge on any atom is -0.491 e. The molecule has 0 radical (unpaired) electrons. The maximum Gasteiger partial charge on any atom is 0.125 e. The molecule has 0 amide bonds. The predicted octanol–water partition coefficient (Wildman–Crippen LogP) is -2.50. The van der Waals surface area contributed by atoms with Gasteiger partial charge in [0, 0.05) is 5.56 Å². The van der Waals surface area contributed by atoms with Crippen molar-refractivity contribution >= 4 is 0 Å². The highest BCUT2D eigenvalue weighted by Crippen LogP contribution is 2.41. The van der Waals surface area contributed by atoms with E-state index in [0.29, 0.717) is 5.56 Å². The summed E-state index contributed by atoms with van der Waals surface area (Å²) in [6, 6.07) is 4.57. The van der Waals surface area contributed by atoms with Gasteiger partial charge in [0.2, 0.25) is 0 Å². The second-order valence-electron chi connectivity index (χ2n) is 8.46. The van der Waals surface area contributed by atoms with Gasteiger partial charge in [-0.3, -0.25) is 0 Å². The Labute approximate surface area is 185 Å². The van der Waals surface area contributed by atoms with Gasteiger partial charge in [-0.1, -0.05) is 6.07 Å². The maximum absolute atomic E-state index is 10.6. The van der Waals surface area contributed by atoms with Crippen LogP contribution in [0.25, 0.3) is 0 Å². The number of aliphatic hydroxyl groups excluding tert-OH is 8. The molecule has 8 N–H and O–H groups in total. The first kappa shape index (κ1) is 25.2. The van der Waals surface area contributed by atoms with Crippen molar-refractivity contribution in [2.45, 2.75) is 81.0 Å². The number of aliphatic hydroxyl groups is 8. The van der Waals surface area contributed by atoms with E-state index in [1.54, 1.807) is 19.9 Å². The second-order valence-corrected chi connectivity index (χ2v) is 8.46. The fraction of sp³-hybridized carbons (Fsp3) is 0.714. The van der Waals surface area contributed by atoms with Gasteiger partial charge in [-0.15, -0.1) is 0 Å². The van der Waals surface area contributed by atoms with E-state index in [1.165, 1.54) is 12.1 Å². The molecule has 2 saturated heterocycles. The number of hydrogen-bond donors (Lipinski definition) is 8. The second kappa shape index (κ2) is 10.3. The number of ether oxygens (including phenoxy) is 3. The third-order valence-corrected chi connectivity index (χ3v) is 5.82. The lowest BCUT2D eigenvalue weighted by Crippen LogP contribution is -2.55. The molecule has 10 atom stereocenters. The van der Waals surface area contributed by atoms with Crippen LogP contribution in [0.3, 0.4) is 0 Å². The largest absolute Gasteiger partial charge is 0.491 e. The summed E-state index contributed by atoms with van der Waals surface area (Å²) in [5.41, 5.74) is 0.579. The zero-order chi connectivity index (χ0) is 23.7. The summed E-state index contributed by atoms with van der Waals surface area (Å²) in [6.45, 7) is 2.37. The normalized spacial score (nSPS) is 40.5. The molecule has 1 aromatic rings. The van der Waals surface area contributed by atoms with Crippen molar-refractivity contribution in [2.24, 2.45) is 0 Å². The molecule has 11 nitrogen and oxygen atoms in total. The van der Waals surface area contributed by atoms with Gasteiger partial charge < -0.3 is 55.1 Å². The third-order valence-electron chi connectivity index (χ3n) is 5.82. The zero-order valence-electron chi connectivity index (χ0n) is 17.8. The molecule has 2 heterocycles. The first-order chi connectivity index (χ1) is 15.1. The monoisotopic (exact) mass is 460 g/mol. The van der Waals surface area contributed by atoms with Crippen LogP contribution in [-0.4, -0.2) is 109 Å².